The van der Waals surface area contributed by atoms with E-state index in [1.165, 1.54) is 11.9 Å². The Bertz CT molecular complexity index is 621. The monoisotopic (exact) mass is 399 g/mol. The van der Waals surface area contributed by atoms with Crippen molar-refractivity contribution in [3.05, 3.63) is 0 Å². The molecule has 1 fully saturated rings. The van der Waals surface area contributed by atoms with Crippen LogP contribution in [-0.4, -0.2) is 89.9 Å². The average molecular weight is 399 g/mol. The Hall–Kier alpha value is -2.89. The first-order chi connectivity index (χ1) is 13.2. The number of hydrogen-bond donors (Lipinski definition) is 5. The van der Waals surface area contributed by atoms with E-state index in [0.717, 1.165) is 4.90 Å². The van der Waals surface area contributed by atoms with Crippen LogP contribution < -0.4 is 22.5 Å². The Labute approximate surface area is 163 Å². The van der Waals surface area contributed by atoms with Crippen molar-refractivity contribution < 1.29 is 24.3 Å². The van der Waals surface area contributed by atoms with E-state index >= 15 is 0 Å². The molecule has 2 atom stereocenters. The number of aliphatic imine (C=N–C) groups is 1. The van der Waals surface area contributed by atoms with E-state index in [2.05, 4.69) is 10.3 Å². The third kappa shape index (κ3) is 7.02. The summed E-state index contributed by atoms with van der Waals surface area (Å²) in [7, 11) is 1.34. The number of aliphatic carboxylic acids is 1. The number of likely N-dealkylation sites (N-methyl/N-ethyl adjacent to an activating group) is 1. The second-order valence-electron chi connectivity index (χ2n) is 6.55. The first kappa shape index (κ1) is 23.1. The Morgan fingerprint density at radius 1 is 1.32 bits per heavy atom. The molecule has 1 aliphatic rings. The van der Waals surface area contributed by atoms with Crippen LogP contribution in [0.4, 0.5) is 0 Å². The van der Waals surface area contributed by atoms with Gasteiger partial charge in [-0.15, -0.1) is 0 Å². The topological polar surface area (TPSA) is 197 Å². The maximum Gasteiger partial charge on any atom is 0.323 e. The van der Waals surface area contributed by atoms with E-state index in [4.69, 9.17) is 22.3 Å². The van der Waals surface area contributed by atoms with Gasteiger partial charge in [0.25, 0.3) is 0 Å². The Morgan fingerprint density at radius 3 is 2.57 bits per heavy atom. The molecule has 12 nitrogen and oxygen atoms in total. The van der Waals surface area contributed by atoms with Crippen LogP contribution >= 0.6 is 0 Å². The molecule has 0 bridgehead atoms. The van der Waals surface area contributed by atoms with Crippen molar-refractivity contribution in [1.29, 1.82) is 0 Å². The Kier molecular flexibility index (Phi) is 9.15. The lowest BCUT2D eigenvalue weighted by Gasteiger charge is -2.27. The number of nitrogens with two attached hydrogens (primary N) is 3. The molecule has 0 spiro atoms. The fourth-order valence-electron chi connectivity index (χ4n) is 3.03. The van der Waals surface area contributed by atoms with Gasteiger partial charge in [-0.3, -0.25) is 24.2 Å². The first-order valence-corrected chi connectivity index (χ1v) is 8.99. The van der Waals surface area contributed by atoms with Gasteiger partial charge in [-0.05, 0) is 25.7 Å². The third-order valence-corrected chi connectivity index (χ3v) is 4.36. The van der Waals surface area contributed by atoms with Gasteiger partial charge in [0.15, 0.2) is 5.96 Å². The molecule has 1 aliphatic heterocycles. The minimum absolute atomic E-state index is 0.0863. The second-order valence-corrected chi connectivity index (χ2v) is 6.55. The quantitative estimate of drug-likeness (QED) is 0.145. The third-order valence-electron chi connectivity index (χ3n) is 4.36. The molecule has 0 radical (unpaired) electrons. The largest absolute Gasteiger partial charge is 0.480 e. The molecular formula is C16H29N7O5. The van der Waals surface area contributed by atoms with Gasteiger partial charge in [-0.25, -0.2) is 0 Å². The van der Waals surface area contributed by atoms with Gasteiger partial charge >= 0.3 is 5.97 Å². The van der Waals surface area contributed by atoms with Crippen molar-refractivity contribution in [2.45, 2.75) is 37.8 Å². The van der Waals surface area contributed by atoms with Crippen LogP contribution in [0.15, 0.2) is 4.99 Å². The van der Waals surface area contributed by atoms with Gasteiger partial charge < -0.3 is 37.4 Å². The lowest BCUT2D eigenvalue weighted by molar-refractivity contribution is -0.145. The van der Waals surface area contributed by atoms with Gasteiger partial charge in [-0.1, -0.05) is 0 Å². The summed E-state index contributed by atoms with van der Waals surface area (Å²) in [5.41, 5.74) is 15.9. The highest BCUT2D eigenvalue weighted by molar-refractivity contribution is 5.93. The fraction of sp³-hybridized carbons (Fsp3) is 0.688. The van der Waals surface area contributed by atoms with Crippen LogP contribution in [0.5, 0.6) is 0 Å². The predicted octanol–water partition coefficient (Wildman–Crippen LogP) is -2.98. The van der Waals surface area contributed by atoms with Crippen molar-refractivity contribution in [2.75, 3.05) is 33.2 Å². The molecule has 0 aromatic carbocycles. The number of carboxylic acid groups (broad SMARTS) is 1. The van der Waals surface area contributed by atoms with Crippen molar-refractivity contribution in [3.8, 4) is 0 Å². The molecule has 1 rings (SSSR count). The SMILES string of the molecule is CN(CC(=O)O)C(=O)[C@H](CCCN=C(N)N)NC(=O)[C@@H]1CCCN1C(=O)CN. The minimum atomic E-state index is -1.17. The fourth-order valence-corrected chi connectivity index (χ4v) is 3.03. The first-order valence-electron chi connectivity index (χ1n) is 8.99. The van der Waals surface area contributed by atoms with Gasteiger partial charge in [0.05, 0.1) is 6.54 Å². The molecule has 8 N–H and O–H groups in total. The summed E-state index contributed by atoms with van der Waals surface area (Å²) >= 11 is 0. The zero-order valence-electron chi connectivity index (χ0n) is 16.0. The van der Waals surface area contributed by atoms with E-state index < -0.39 is 36.4 Å². The zero-order valence-corrected chi connectivity index (χ0v) is 16.0. The lowest BCUT2D eigenvalue weighted by atomic mass is 10.1. The molecule has 0 aliphatic carbocycles. The zero-order chi connectivity index (χ0) is 21.3. The van der Waals surface area contributed by atoms with Gasteiger partial charge in [-0.2, -0.15) is 0 Å². The summed E-state index contributed by atoms with van der Waals surface area (Å²) in [5.74, 6) is -2.61. The summed E-state index contributed by atoms with van der Waals surface area (Å²) in [6.45, 7) is -0.0195. The molecular weight excluding hydrogens is 370 g/mol. The van der Waals surface area contributed by atoms with E-state index in [9.17, 15) is 19.2 Å². The number of amides is 3. The van der Waals surface area contributed by atoms with Crippen LogP contribution in [0.3, 0.4) is 0 Å². The second kappa shape index (κ2) is 11.1. The smallest absolute Gasteiger partial charge is 0.323 e. The van der Waals surface area contributed by atoms with Crippen molar-refractivity contribution in [1.82, 2.24) is 15.1 Å². The average Bonchev–Trinajstić information content (AvgIpc) is 3.11. The number of nitrogens with zero attached hydrogens (tertiary/aromatic N) is 3. The molecule has 0 aromatic rings. The number of hydrogen-bond acceptors (Lipinski definition) is 6. The number of carbonyl (C=O) groups is 4. The standard InChI is InChI=1S/C16H29N7O5/c1-22(9-13(25)26)15(28)10(4-2-6-20-16(18)19)21-14(27)11-5-3-7-23(11)12(24)8-17/h10-11H,2-9,17H2,1H3,(H,21,27)(H,25,26)(H4,18,19,20)/t10-,11-/m0/s1. The van der Waals surface area contributed by atoms with Crippen LogP contribution in [-0.2, 0) is 19.2 Å². The van der Waals surface area contributed by atoms with E-state index in [1.54, 1.807) is 0 Å². The van der Waals surface area contributed by atoms with E-state index in [1.807, 2.05) is 0 Å². The minimum Gasteiger partial charge on any atom is -0.480 e. The molecule has 12 heteroatoms. The molecule has 1 saturated heterocycles. The molecule has 0 unspecified atom stereocenters. The van der Waals surface area contributed by atoms with Crippen LogP contribution in [0.1, 0.15) is 25.7 Å². The molecule has 0 saturated carbocycles. The van der Waals surface area contributed by atoms with Crippen molar-refractivity contribution >= 4 is 29.7 Å². The number of nitrogens with one attached hydrogen (secondary N) is 1. The maximum atomic E-state index is 12.7. The normalized spacial score (nSPS) is 16.9. The van der Waals surface area contributed by atoms with Gasteiger partial charge in [0.2, 0.25) is 17.7 Å². The molecule has 0 aromatic heterocycles. The summed E-state index contributed by atoms with van der Waals surface area (Å²) in [6.07, 6.45) is 1.73. The molecule has 3 amide bonds. The van der Waals surface area contributed by atoms with Gasteiger partial charge in [0.1, 0.15) is 18.6 Å². The highest BCUT2D eigenvalue weighted by Gasteiger charge is 2.35. The summed E-state index contributed by atoms with van der Waals surface area (Å²) in [4.78, 5) is 54.3. The number of carbonyl (C=O) groups excluding carboxylic acids is 3. The summed E-state index contributed by atoms with van der Waals surface area (Å²) < 4.78 is 0. The molecule has 158 valence electrons. The van der Waals surface area contributed by atoms with Crippen LogP contribution in [0.2, 0.25) is 0 Å². The summed E-state index contributed by atoms with van der Waals surface area (Å²) in [6, 6.07) is -1.66. The molecule has 28 heavy (non-hydrogen) atoms. The predicted molar refractivity (Wildman–Crippen MR) is 101 cm³/mol. The van der Waals surface area contributed by atoms with E-state index in [0.29, 0.717) is 25.8 Å². The van der Waals surface area contributed by atoms with Crippen LogP contribution in [0, 0.1) is 0 Å². The number of guanidine groups is 1. The Balaban J connectivity index is 2.83. The van der Waals surface area contributed by atoms with Gasteiger partial charge in [0, 0.05) is 20.1 Å². The van der Waals surface area contributed by atoms with Crippen LogP contribution in [0.25, 0.3) is 0 Å². The molecule has 1 heterocycles. The summed E-state index contributed by atoms with van der Waals surface area (Å²) in [5, 5.41) is 11.5. The highest BCUT2D eigenvalue weighted by Crippen LogP contribution is 2.18. The Morgan fingerprint density at radius 2 is 2.00 bits per heavy atom. The number of carboxylic acids is 1. The maximum absolute atomic E-state index is 12.7. The highest BCUT2D eigenvalue weighted by atomic mass is 16.4. The van der Waals surface area contributed by atoms with Crippen molar-refractivity contribution in [2.24, 2.45) is 22.2 Å². The lowest BCUT2D eigenvalue weighted by Crippen LogP contribution is -2.54. The number of rotatable bonds is 10. The van der Waals surface area contributed by atoms with E-state index in [-0.39, 0.29) is 31.4 Å². The number of likely N-dealkylation sites (tertiary alicyclic amines) is 1. The van der Waals surface area contributed by atoms with Crippen molar-refractivity contribution in [3.63, 3.8) is 0 Å².